The minimum Gasteiger partial charge on any atom is -0.342 e. The smallest absolute Gasteiger partial charge is 0.222 e. The first kappa shape index (κ1) is 17.7. The number of nitrogens with zero attached hydrogens (tertiary/aromatic N) is 3. The fraction of sp³-hybridized carbons (Fsp3) is 0.500. The highest BCUT2D eigenvalue weighted by Gasteiger charge is 2.35. The Balaban J connectivity index is 1.65. The van der Waals surface area contributed by atoms with Crippen LogP contribution in [0.1, 0.15) is 34.9 Å². The monoisotopic (exact) mass is 340 g/mol. The summed E-state index contributed by atoms with van der Waals surface area (Å²) in [5.41, 5.74) is 10.6. The van der Waals surface area contributed by atoms with Crippen molar-refractivity contribution in [2.75, 3.05) is 19.6 Å². The fourth-order valence-electron chi connectivity index (χ4n) is 3.96. The summed E-state index contributed by atoms with van der Waals surface area (Å²) in [4.78, 5) is 14.7. The Morgan fingerprint density at radius 3 is 2.56 bits per heavy atom. The van der Waals surface area contributed by atoms with Crippen LogP contribution in [-0.2, 0) is 18.3 Å². The van der Waals surface area contributed by atoms with Crippen LogP contribution in [0.4, 0.5) is 0 Å². The van der Waals surface area contributed by atoms with Gasteiger partial charge in [0, 0.05) is 38.2 Å². The summed E-state index contributed by atoms with van der Waals surface area (Å²) in [6.45, 7) is 6.23. The second-order valence-electron chi connectivity index (χ2n) is 7.08. The molecule has 0 spiro atoms. The van der Waals surface area contributed by atoms with Crippen LogP contribution in [0.15, 0.2) is 30.3 Å². The number of benzene rings is 1. The van der Waals surface area contributed by atoms with E-state index in [1.54, 1.807) is 0 Å². The highest BCUT2D eigenvalue weighted by Crippen LogP contribution is 2.32. The number of hydrogen-bond donors (Lipinski definition) is 1. The van der Waals surface area contributed by atoms with E-state index < -0.39 is 0 Å². The molecule has 1 aliphatic rings. The van der Waals surface area contributed by atoms with Gasteiger partial charge in [0.1, 0.15) is 0 Å². The highest BCUT2D eigenvalue weighted by molar-refractivity contribution is 5.77. The lowest BCUT2D eigenvalue weighted by molar-refractivity contribution is -0.130. The van der Waals surface area contributed by atoms with Crippen LogP contribution in [0.25, 0.3) is 0 Å². The van der Waals surface area contributed by atoms with Gasteiger partial charge in [-0.25, -0.2) is 0 Å². The maximum atomic E-state index is 12.7. The molecule has 0 aliphatic carbocycles. The maximum absolute atomic E-state index is 12.7. The minimum atomic E-state index is 0.222. The molecule has 0 saturated carbocycles. The Hall–Kier alpha value is -2.14. The predicted molar refractivity (Wildman–Crippen MR) is 99.3 cm³/mol. The average molecular weight is 340 g/mol. The minimum absolute atomic E-state index is 0.222. The molecule has 1 fully saturated rings. The Morgan fingerprint density at radius 1 is 1.24 bits per heavy atom. The van der Waals surface area contributed by atoms with E-state index in [1.807, 2.05) is 29.6 Å². The summed E-state index contributed by atoms with van der Waals surface area (Å²) in [5.74, 6) is 0.907. The molecule has 2 atom stereocenters. The molecule has 3 rings (SSSR count). The molecule has 0 bridgehead atoms. The molecule has 0 unspecified atom stereocenters. The van der Waals surface area contributed by atoms with Crippen molar-refractivity contribution in [2.45, 2.75) is 32.6 Å². The van der Waals surface area contributed by atoms with Gasteiger partial charge >= 0.3 is 0 Å². The van der Waals surface area contributed by atoms with Gasteiger partial charge in [-0.1, -0.05) is 30.3 Å². The molecule has 5 nitrogen and oxygen atoms in total. The third kappa shape index (κ3) is 3.61. The molecule has 2 aromatic rings. The standard InChI is InChI=1S/C20H28N4O/c1-14-18(15(2)23(3)22-14)9-10-20(25)24-12-17(11-21)19(13-24)16-7-5-4-6-8-16/h4-8,17,19H,9-13,21H2,1-3H3/t17-,19+/m1/s1. The third-order valence-electron chi connectivity index (χ3n) is 5.57. The molecular weight excluding hydrogens is 312 g/mol. The third-order valence-corrected chi connectivity index (χ3v) is 5.57. The molecule has 1 aliphatic heterocycles. The fourth-order valence-corrected chi connectivity index (χ4v) is 3.96. The van der Waals surface area contributed by atoms with Gasteiger partial charge in [-0.3, -0.25) is 9.48 Å². The largest absolute Gasteiger partial charge is 0.342 e. The number of aromatic nitrogens is 2. The first-order chi connectivity index (χ1) is 12.0. The lowest BCUT2D eigenvalue weighted by Gasteiger charge is -2.17. The Kier molecular flexibility index (Phi) is 5.23. The van der Waals surface area contributed by atoms with Crippen molar-refractivity contribution in [1.29, 1.82) is 0 Å². The van der Waals surface area contributed by atoms with Crippen molar-refractivity contribution in [3.05, 3.63) is 52.8 Å². The molecule has 1 aromatic carbocycles. The van der Waals surface area contributed by atoms with Crippen LogP contribution in [0.5, 0.6) is 0 Å². The quantitative estimate of drug-likeness (QED) is 0.907. The second kappa shape index (κ2) is 7.40. The van der Waals surface area contributed by atoms with Gasteiger partial charge in [-0.05, 0) is 43.9 Å². The second-order valence-corrected chi connectivity index (χ2v) is 7.08. The SMILES string of the molecule is Cc1nn(C)c(C)c1CCC(=O)N1C[C@@H](CN)[C@H](c2ccccc2)C1. The van der Waals surface area contributed by atoms with Gasteiger partial charge in [0.2, 0.25) is 5.91 Å². The first-order valence-electron chi connectivity index (χ1n) is 9.03. The number of aryl methyl sites for hydroxylation is 2. The molecule has 0 radical (unpaired) electrons. The van der Waals surface area contributed by atoms with Gasteiger partial charge < -0.3 is 10.6 Å². The Bertz CT molecular complexity index is 738. The van der Waals surface area contributed by atoms with Crippen LogP contribution < -0.4 is 5.73 Å². The molecule has 5 heteroatoms. The maximum Gasteiger partial charge on any atom is 0.222 e. The molecular formula is C20H28N4O. The molecule has 2 N–H and O–H groups in total. The van der Waals surface area contributed by atoms with Crippen LogP contribution in [0.3, 0.4) is 0 Å². The summed E-state index contributed by atoms with van der Waals surface area (Å²) in [5, 5.41) is 4.44. The summed E-state index contributed by atoms with van der Waals surface area (Å²) in [6, 6.07) is 10.4. The van der Waals surface area contributed by atoms with Gasteiger partial charge in [0.25, 0.3) is 0 Å². The molecule has 2 heterocycles. The highest BCUT2D eigenvalue weighted by atomic mass is 16.2. The zero-order valence-corrected chi connectivity index (χ0v) is 15.4. The first-order valence-corrected chi connectivity index (χ1v) is 9.03. The van der Waals surface area contributed by atoms with Crippen molar-refractivity contribution in [3.8, 4) is 0 Å². The van der Waals surface area contributed by atoms with E-state index in [-0.39, 0.29) is 5.91 Å². The van der Waals surface area contributed by atoms with E-state index >= 15 is 0 Å². The summed E-state index contributed by atoms with van der Waals surface area (Å²) in [6.07, 6.45) is 1.29. The van der Waals surface area contributed by atoms with Gasteiger partial charge in [-0.15, -0.1) is 0 Å². The number of rotatable bonds is 5. The van der Waals surface area contributed by atoms with Crippen LogP contribution in [-0.4, -0.2) is 40.2 Å². The number of likely N-dealkylation sites (tertiary alicyclic amines) is 1. The van der Waals surface area contributed by atoms with E-state index in [4.69, 9.17) is 5.73 Å². The predicted octanol–water partition coefficient (Wildman–Crippen LogP) is 2.17. The molecule has 1 saturated heterocycles. The lowest BCUT2D eigenvalue weighted by atomic mass is 9.89. The van der Waals surface area contributed by atoms with Crippen LogP contribution >= 0.6 is 0 Å². The van der Waals surface area contributed by atoms with Crippen LogP contribution in [0, 0.1) is 19.8 Å². The van der Waals surface area contributed by atoms with E-state index in [1.165, 1.54) is 11.1 Å². The molecule has 134 valence electrons. The lowest BCUT2D eigenvalue weighted by Crippen LogP contribution is -2.30. The molecule has 1 aromatic heterocycles. The summed E-state index contributed by atoms with van der Waals surface area (Å²) >= 11 is 0. The van der Waals surface area contributed by atoms with Gasteiger partial charge in [0.05, 0.1) is 5.69 Å². The molecule has 25 heavy (non-hydrogen) atoms. The van der Waals surface area contributed by atoms with Crippen molar-refractivity contribution >= 4 is 5.91 Å². The van der Waals surface area contributed by atoms with E-state index in [2.05, 4.69) is 36.3 Å². The van der Waals surface area contributed by atoms with E-state index in [0.717, 1.165) is 30.9 Å². The Morgan fingerprint density at radius 2 is 1.96 bits per heavy atom. The van der Waals surface area contributed by atoms with Crippen LogP contribution in [0.2, 0.25) is 0 Å². The average Bonchev–Trinajstić information content (AvgIpc) is 3.16. The topological polar surface area (TPSA) is 64.2 Å². The summed E-state index contributed by atoms with van der Waals surface area (Å²) < 4.78 is 1.89. The number of carbonyl (C=O) groups is 1. The van der Waals surface area contributed by atoms with Crippen molar-refractivity contribution in [3.63, 3.8) is 0 Å². The number of carbonyl (C=O) groups excluding carboxylic acids is 1. The van der Waals surface area contributed by atoms with Crippen molar-refractivity contribution in [2.24, 2.45) is 18.7 Å². The van der Waals surface area contributed by atoms with Crippen molar-refractivity contribution < 1.29 is 4.79 Å². The zero-order valence-electron chi connectivity index (χ0n) is 15.4. The summed E-state index contributed by atoms with van der Waals surface area (Å²) in [7, 11) is 1.95. The van der Waals surface area contributed by atoms with Gasteiger partial charge in [-0.2, -0.15) is 5.10 Å². The number of nitrogens with two attached hydrogens (primary N) is 1. The van der Waals surface area contributed by atoms with Crippen molar-refractivity contribution in [1.82, 2.24) is 14.7 Å². The normalized spacial score (nSPS) is 20.2. The number of amides is 1. The zero-order chi connectivity index (χ0) is 18.0. The van der Waals surface area contributed by atoms with E-state index in [0.29, 0.717) is 24.8 Å². The number of hydrogen-bond acceptors (Lipinski definition) is 3. The van der Waals surface area contributed by atoms with Gasteiger partial charge in [0.15, 0.2) is 0 Å². The molecule has 1 amide bonds. The van der Waals surface area contributed by atoms with E-state index in [9.17, 15) is 4.79 Å². The Labute approximate surface area is 149 Å².